The van der Waals surface area contributed by atoms with E-state index in [1.165, 1.54) is 30.3 Å². The van der Waals surface area contributed by atoms with Gasteiger partial charge >= 0.3 is 0 Å². The lowest BCUT2D eigenvalue weighted by atomic mass is 10.1. The lowest BCUT2D eigenvalue weighted by Gasteiger charge is -2.09. The molecule has 0 aromatic heterocycles. The molecule has 0 fully saturated rings. The maximum absolute atomic E-state index is 13.5. The predicted octanol–water partition coefficient (Wildman–Crippen LogP) is 4.10. The van der Waals surface area contributed by atoms with E-state index in [2.05, 4.69) is 5.32 Å². The topological polar surface area (TPSA) is 35.8 Å². The number of hydrogen-bond acceptors (Lipinski definition) is 2. The van der Waals surface area contributed by atoms with Gasteiger partial charge in [0.15, 0.2) is 0 Å². The van der Waals surface area contributed by atoms with E-state index in [4.69, 9.17) is 16.9 Å². The van der Waals surface area contributed by atoms with Crippen molar-refractivity contribution in [2.45, 2.75) is 6.54 Å². The molecule has 0 heterocycles. The Labute approximate surface area is 114 Å². The Morgan fingerprint density at radius 2 is 1.95 bits per heavy atom. The molecule has 0 amide bonds. The molecule has 0 saturated heterocycles. The van der Waals surface area contributed by atoms with Crippen molar-refractivity contribution in [3.63, 3.8) is 0 Å². The highest BCUT2D eigenvalue weighted by molar-refractivity contribution is 6.30. The number of rotatable bonds is 3. The molecule has 0 radical (unpaired) electrons. The monoisotopic (exact) mass is 278 g/mol. The molecule has 0 aliphatic rings. The second kappa shape index (κ2) is 5.68. The number of halogens is 3. The molecular formula is C14H9ClF2N2. The van der Waals surface area contributed by atoms with Gasteiger partial charge in [-0.3, -0.25) is 0 Å². The number of benzene rings is 2. The summed E-state index contributed by atoms with van der Waals surface area (Å²) in [5.74, 6) is -1.02. The van der Waals surface area contributed by atoms with Crippen molar-refractivity contribution in [1.82, 2.24) is 0 Å². The van der Waals surface area contributed by atoms with Crippen molar-refractivity contribution < 1.29 is 8.78 Å². The Bertz CT molecular complexity index is 650. The van der Waals surface area contributed by atoms with Crippen LogP contribution in [0.25, 0.3) is 0 Å². The summed E-state index contributed by atoms with van der Waals surface area (Å²) in [5.41, 5.74) is 0.576. The maximum Gasteiger partial charge on any atom is 0.143 e. The normalized spacial score (nSPS) is 10.0. The lowest BCUT2D eigenvalue weighted by Crippen LogP contribution is -2.04. The summed E-state index contributed by atoms with van der Waals surface area (Å²) in [7, 11) is 0. The first-order valence-corrected chi connectivity index (χ1v) is 5.86. The zero-order valence-electron chi connectivity index (χ0n) is 9.75. The highest BCUT2D eigenvalue weighted by Crippen LogP contribution is 2.20. The average Bonchev–Trinajstić information content (AvgIpc) is 2.40. The number of anilines is 1. The van der Waals surface area contributed by atoms with Crippen LogP contribution in [0.2, 0.25) is 5.02 Å². The van der Waals surface area contributed by atoms with Gasteiger partial charge in [0.05, 0.1) is 5.69 Å². The first-order chi connectivity index (χ1) is 9.11. The highest BCUT2D eigenvalue weighted by atomic mass is 35.5. The van der Waals surface area contributed by atoms with Gasteiger partial charge in [-0.1, -0.05) is 17.7 Å². The molecule has 0 atom stereocenters. The van der Waals surface area contributed by atoms with Gasteiger partial charge in [-0.05, 0) is 30.3 Å². The fourth-order valence-electron chi connectivity index (χ4n) is 1.65. The zero-order chi connectivity index (χ0) is 13.8. The summed E-state index contributed by atoms with van der Waals surface area (Å²) in [6, 6.07) is 10.2. The van der Waals surface area contributed by atoms with Crippen molar-refractivity contribution in [2.75, 3.05) is 5.32 Å². The van der Waals surface area contributed by atoms with Gasteiger partial charge in [0.1, 0.15) is 23.3 Å². The number of hydrogen-bond donors (Lipinski definition) is 1. The van der Waals surface area contributed by atoms with Gasteiger partial charge < -0.3 is 5.32 Å². The molecule has 0 saturated carbocycles. The fourth-order valence-corrected chi connectivity index (χ4v) is 1.85. The molecule has 2 aromatic rings. The Morgan fingerprint density at radius 1 is 1.16 bits per heavy atom. The van der Waals surface area contributed by atoms with Crippen molar-refractivity contribution in [2.24, 2.45) is 0 Å². The van der Waals surface area contributed by atoms with Gasteiger partial charge in [0, 0.05) is 17.1 Å². The Hall–Kier alpha value is -2.12. The average molecular weight is 279 g/mol. The summed E-state index contributed by atoms with van der Waals surface area (Å²) in [4.78, 5) is 0. The number of nitriles is 1. The van der Waals surface area contributed by atoms with Crippen molar-refractivity contribution in [3.8, 4) is 6.07 Å². The quantitative estimate of drug-likeness (QED) is 0.917. The van der Waals surface area contributed by atoms with Crippen LogP contribution in [0, 0.1) is 23.0 Å². The van der Waals surface area contributed by atoms with E-state index in [9.17, 15) is 8.78 Å². The molecular weight excluding hydrogens is 270 g/mol. The largest absolute Gasteiger partial charge is 0.380 e. The first-order valence-electron chi connectivity index (χ1n) is 5.48. The molecule has 0 aliphatic carbocycles. The molecule has 19 heavy (non-hydrogen) atoms. The third kappa shape index (κ3) is 3.01. The van der Waals surface area contributed by atoms with Crippen LogP contribution in [0.4, 0.5) is 14.5 Å². The van der Waals surface area contributed by atoms with E-state index in [0.717, 1.165) is 0 Å². The summed E-state index contributed by atoms with van der Waals surface area (Å²) in [6.45, 7) is 0.116. The predicted molar refractivity (Wildman–Crippen MR) is 69.9 cm³/mol. The SMILES string of the molecule is N#Cc1c(F)cccc1NCc1cc(Cl)ccc1F. The van der Waals surface area contributed by atoms with Crippen LogP contribution in [-0.4, -0.2) is 0 Å². The third-order valence-electron chi connectivity index (χ3n) is 2.60. The second-order valence-corrected chi connectivity index (χ2v) is 4.30. The van der Waals surface area contributed by atoms with Crippen molar-refractivity contribution in [3.05, 3.63) is 64.2 Å². The summed E-state index contributed by atoms with van der Waals surface area (Å²) < 4.78 is 26.9. The second-order valence-electron chi connectivity index (χ2n) is 3.86. The van der Waals surface area contributed by atoms with Gasteiger partial charge in [-0.25, -0.2) is 8.78 Å². The molecule has 1 N–H and O–H groups in total. The smallest absolute Gasteiger partial charge is 0.143 e. The minimum Gasteiger partial charge on any atom is -0.380 e. The number of nitrogens with zero attached hydrogens (tertiary/aromatic N) is 1. The van der Waals surface area contributed by atoms with Gasteiger partial charge in [-0.15, -0.1) is 0 Å². The lowest BCUT2D eigenvalue weighted by molar-refractivity contribution is 0.612. The molecule has 0 bridgehead atoms. The molecule has 0 spiro atoms. The van der Waals surface area contributed by atoms with E-state index < -0.39 is 11.6 Å². The fraction of sp³-hybridized carbons (Fsp3) is 0.0714. The molecule has 96 valence electrons. The van der Waals surface area contributed by atoms with E-state index in [1.54, 1.807) is 12.1 Å². The van der Waals surface area contributed by atoms with E-state index in [1.807, 2.05) is 0 Å². The Morgan fingerprint density at radius 3 is 2.68 bits per heavy atom. The highest BCUT2D eigenvalue weighted by Gasteiger charge is 2.08. The first kappa shape index (κ1) is 13.3. The summed E-state index contributed by atoms with van der Waals surface area (Å²) >= 11 is 5.78. The van der Waals surface area contributed by atoms with Crippen LogP contribution in [0.15, 0.2) is 36.4 Å². The van der Waals surface area contributed by atoms with Crippen LogP contribution in [-0.2, 0) is 6.54 Å². The Kier molecular flexibility index (Phi) is 3.98. The van der Waals surface area contributed by atoms with Crippen molar-refractivity contribution in [1.29, 1.82) is 5.26 Å². The molecule has 0 aliphatic heterocycles. The molecule has 2 rings (SSSR count). The van der Waals surface area contributed by atoms with Crippen LogP contribution in [0.3, 0.4) is 0 Å². The van der Waals surface area contributed by atoms with E-state index in [0.29, 0.717) is 16.3 Å². The van der Waals surface area contributed by atoms with Crippen LogP contribution >= 0.6 is 11.6 Å². The van der Waals surface area contributed by atoms with Crippen LogP contribution in [0.1, 0.15) is 11.1 Å². The van der Waals surface area contributed by atoms with E-state index in [-0.39, 0.29) is 12.1 Å². The zero-order valence-corrected chi connectivity index (χ0v) is 10.5. The molecule has 2 aromatic carbocycles. The van der Waals surface area contributed by atoms with E-state index >= 15 is 0 Å². The van der Waals surface area contributed by atoms with Crippen molar-refractivity contribution >= 4 is 17.3 Å². The van der Waals surface area contributed by atoms with Gasteiger partial charge in [0.25, 0.3) is 0 Å². The maximum atomic E-state index is 13.5. The molecule has 0 unspecified atom stereocenters. The minimum atomic E-state index is -0.612. The minimum absolute atomic E-state index is 0.0927. The molecule has 2 nitrogen and oxygen atoms in total. The van der Waals surface area contributed by atoms with Gasteiger partial charge in [0.2, 0.25) is 0 Å². The standard InChI is InChI=1S/C14H9ClF2N2/c15-10-4-5-12(16)9(6-10)8-19-14-3-1-2-13(17)11(14)7-18/h1-6,19H,8H2. The van der Waals surface area contributed by atoms with Gasteiger partial charge in [-0.2, -0.15) is 5.26 Å². The third-order valence-corrected chi connectivity index (χ3v) is 2.84. The van der Waals surface area contributed by atoms with Crippen LogP contribution < -0.4 is 5.32 Å². The van der Waals surface area contributed by atoms with Crippen LogP contribution in [0.5, 0.6) is 0 Å². The molecule has 5 heteroatoms. The number of nitrogens with one attached hydrogen (secondary N) is 1. The summed E-state index contributed by atoms with van der Waals surface area (Å²) in [6.07, 6.45) is 0. The summed E-state index contributed by atoms with van der Waals surface area (Å²) in [5, 5.41) is 12.1. The Balaban J connectivity index is 2.22.